The lowest BCUT2D eigenvalue weighted by atomic mass is 9.83. The molecule has 7 heteroatoms. The van der Waals surface area contributed by atoms with Crippen LogP contribution in [0.25, 0.3) is 6.08 Å². The molecule has 1 fully saturated rings. The minimum absolute atomic E-state index is 0.00559. The molecule has 3 aromatic rings. The second-order valence-electron chi connectivity index (χ2n) is 9.23. The van der Waals surface area contributed by atoms with Crippen LogP contribution in [0.2, 0.25) is 0 Å². The molecule has 5 rings (SSSR count). The number of fused-ring (bicyclic) bond motifs is 4. The Labute approximate surface area is 197 Å². The number of hydrogen-bond donors (Lipinski definition) is 1. The minimum Gasteiger partial charge on any atom is -0.465 e. The molecule has 174 valence electrons. The van der Waals surface area contributed by atoms with Crippen LogP contribution in [0.4, 0.5) is 0 Å². The summed E-state index contributed by atoms with van der Waals surface area (Å²) in [5.74, 6) is 0.164. The third-order valence-corrected chi connectivity index (χ3v) is 6.84. The van der Waals surface area contributed by atoms with E-state index in [0.717, 1.165) is 23.2 Å². The smallest absolute Gasteiger partial charge is 0.270 e. The number of likely N-dealkylation sites (tertiary alicyclic amines) is 1. The first kappa shape index (κ1) is 21.9. The van der Waals surface area contributed by atoms with E-state index in [4.69, 9.17) is 4.42 Å². The highest BCUT2D eigenvalue weighted by molar-refractivity contribution is 6.05. The molecular weight excluding hydrogens is 430 g/mol. The Balaban J connectivity index is 1.42. The quantitative estimate of drug-likeness (QED) is 0.608. The number of amides is 2. The van der Waals surface area contributed by atoms with E-state index in [1.165, 1.54) is 6.26 Å². The van der Waals surface area contributed by atoms with Crippen molar-refractivity contribution in [2.75, 3.05) is 13.1 Å². The summed E-state index contributed by atoms with van der Waals surface area (Å²) in [4.78, 5) is 40.8. The summed E-state index contributed by atoms with van der Waals surface area (Å²) in [6.07, 6.45) is 4.04. The highest BCUT2D eigenvalue weighted by Crippen LogP contribution is 2.35. The molecular formula is C27H27N3O4. The molecule has 4 heterocycles. The van der Waals surface area contributed by atoms with Crippen molar-refractivity contribution < 1.29 is 14.0 Å². The molecule has 2 bridgehead atoms. The number of nitrogens with one attached hydrogen (secondary N) is 1. The molecule has 2 atom stereocenters. The van der Waals surface area contributed by atoms with E-state index in [9.17, 15) is 14.4 Å². The van der Waals surface area contributed by atoms with Gasteiger partial charge in [-0.05, 0) is 67.6 Å². The molecule has 0 aliphatic carbocycles. The molecule has 2 aliphatic rings. The van der Waals surface area contributed by atoms with Gasteiger partial charge in [-0.25, -0.2) is 0 Å². The van der Waals surface area contributed by atoms with Gasteiger partial charge < -0.3 is 19.2 Å². The van der Waals surface area contributed by atoms with Gasteiger partial charge >= 0.3 is 0 Å². The average molecular weight is 458 g/mol. The Bertz CT molecular complexity index is 1340. The van der Waals surface area contributed by atoms with Gasteiger partial charge in [0.05, 0.1) is 6.26 Å². The first-order valence-corrected chi connectivity index (χ1v) is 11.5. The van der Waals surface area contributed by atoms with E-state index in [-0.39, 0.29) is 34.9 Å². The summed E-state index contributed by atoms with van der Waals surface area (Å²) in [5, 5.41) is 2.83. The summed E-state index contributed by atoms with van der Waals surface area (Å²) in [5.41, 5.74) is 3.74. The number of benzene rings is 1. The van der Waals surface area contributed by atoms with Gasteiger partial charge in [-0.15, -0.1) is 0 Å². The number of piperidine rings is 1. The lowest BCUT2D eigenvalue weighted by Gasteiger charge is -2.42. The topological polar surface area (TPSA) is 84.6 Å². The van der Waals surface area contributed by atoms with E-state index >= 15 is 0 Å². The van der Waals surface area contributed by atoms with Crippen molar-refractivity contribution in [3.8, 4) is 0 Å². The summed E-state index contributed by atoms with van der Waals surface area (Å²) < 4.78 is 7.26. The standard InChI is InChI=1S/C27H27N3O4/c1-17-8-9-20(11-18(17)2)26(32)28-23(13-22-5-4-10-34-22)27(33)29-14-19-12-21(16-29)24-6-3-7-25(31)30(24)15-19/h3-11,13,19,21H,12,14-16H2,1-2H3,(H,28,32)/b23-13-/t19-,21+/m1/s1. The number of aryl methyl sites for hydroxylation is 2. The first-order chi connectivity index (χ1) is 16.4. The predicted octanol–water partition coefficient (Wildman–Crippen LogP) is 3.47. The Kier molecular flexibility index (Phi) is 5.69. The van der Waals surface area contributed by atoms with Crippen LogP contribution >= 0.6 is 0 Å². The molecule has 0 saturated carbocycles. The summed E-state index contributed by atoms with van der Waals surface area (Å²) >= 11 is 0. The zero-order valence-electron chi connectivity index (χ0n) is 19.3. The van der Waals surface area contributed by atoms with Crippen molar-refractivity contribution in [2.24, 2.45) is 5.92 Å². The fourth-order valence-corrected chi connectivity index (χ4v) is 4.98. The third-order valence-electron chi connectivity index (χ3n) is 6.84. The Morgan fingerprint density at radius 1 is 1.03 bits per heavy atom. The highest BCUT2D eigenvalue weighted by atomic mass is 16.3. The van der Waals surface area contributed by atoms with Gasteiger partial charge in [0.15, 0.2) is 0 Å². The molecule has 0 spiro atoms. The van der Waals surface area contributed by atoms with Crippen LogP contribution in [0, 0.1) is 19.8 Å². The third kappa shape index (κ3) is 4.21. The molecule has 1 N–H and O–H groups in total. The largest absolute Gasteiger partial charge is 0.465 e. The average Bonchev–Trinajstić information content (AvgIpc) is 3.33. The van der Waals surface area contributed by atoms with Gasteiger partial charge in [0, 0.05) is 49.0 Å². The first-order valence-electron chi connectivity index (χ1n) is 11.5. The van der Waals surface area contributed by atoms with Crippen LogP contribution in [0.1, 0.15) is 45.3 Å². The number of aromatic nitrogens is 1. The van der Waals surface area contributed by atoms with Crippen molar-refractivity contribution in [1.29, 1.82) is 0 Å². The van der Waals surface area contributed by atoms with Crippen molar-refractivity contribution >= 4 is 17.9 Å². The van der Waals surface area contributed by atoms with E-state index in [1.54, 1.807) is 41.3 Å². The van der Waals surface area contributed by atoms with Crippen molar-refractivity contribution in [3.05, 3.63) is 99.0 Å². The van der Waals surface area contributed by atoms with Gasteiger partial charge in [-0.2, -0.15) is 0 Å². The molecule has 2 aliphatic heterocycles. The molecule has 0 radical (unpaired) electrons. The Morgan fingerprint density at radius 2 is 1.88 bits per heavy atom. The summed E-state index contributed by atoms with van der Waals surface area (Å²) in [7, 11) is 0. The maximum atomic E-state index is 13.7. The van der Waals surface area contributed by atoms with Gasteiger partial charge in [0.2, 0.25) is 0 Å². The van der Waals surface area contributed by atoms with Crippen LogP contribution in [-0.2, 0) is 11.3 Å². The van der Waals surface area contributed by atoms with E-state index in [0.29, 0.717) is 31.0 Å². The Morgan fingerprint density at radius 3 is 2.65 bits per heavy atom. The van der Waals surface area contributed by atoms with E-state index in [2.05, 4.69) is 5.32 Å². The number of hydrogen-bond acceptors (Lipinski definition) is 4. The van der Waals surface area contributed by atoms with Crippen molar-refractivity contribution in [2.45, 2.75) is 32.7 Å². The maximum absolute atomic E-state index is 13.7. The van der Waals surface area contributed by atoms with E-state index < -0.39 is 0 Å². The van der Waals surface area contributed by atoms with Crippen LogP contribution in [0.5, 0.6) is 0 Å². The predicted molar refractivity (Wildman–Crippen MR) is 128 cm³/mol. The lowest BCUT2D eigenvalue weighted by Crippen LogP contribution is -2.50. The van der Waals surface area contributed by atoms with Crippen molar-refractivity contribution in [3.63, 3.8) is 0 Å². The molecule has 0 unspecified atom stereocenters. The van der Waals surface area contributed by atoms with Gasteiger partial charge in [-0.1, -0.05) is 12.1 Å². The molecule has 2 aromatic heterocycles. The number of carbonyl (C=O) groups excluding carboxylic acids is 2. The summed E-state index contributed by atoms with van der Waals surface area (Å²) in [6.45, 7) is 5.56. The van der Waals surface area contributed by atoms with Crippen LogP contribution in [0.3, 0.4) is 0 Å². The highest BCUT2D eigenvalue weighted by Gasteiger charge is 2.37. The fraction of sp³-hybridized carbons (Fsp3) is 0.296. The van der Waals surface area contributed by atoms with Crippen LogP contribution < -0.4 is 10.9 Å². The molecule has 1 saturated heterocycles. The molecule has 2 amide bonds. The van der Waals surface area contributed by atoms with Gasteiger partial charge in [0.1, 0.15) is 11.5 Å². The zero-order chi connectivity index (χ0) is 23.8. The lowest BCUT2D eigenvalue weighted by molar-refractivity contribution is -0.130. The number of furan rings is 1. The SMILES string of the molecule is Cc1ccc(C(=O)N/C(=C\c2ccco2)C(=O)N2C[C@H]3C[C@@H](C2)c2cccc(=O)n2C3)cc1C. The molecule has 1 aromatic carbocycles. The molecule has 34 heavy (non-hydrogen) atoms. The summed E-state index contributed by atoms with van der Waals surface area (Å²) in [6, 6.07) is 14.3. The number of nitrogens with zero attached hydrogens (tertiary/aromatic N) is 2. The van der Waals surface area contributed by atoms with Crippen LogP contribution in [-0.4, -0.2) is 34.4 Å². The van der Waals surface area contributed by atoms with Gasteiger partial charge in [-0.3, -0.25) is 14.4 Å². The Hall–Kier alpha value is -3.87. The van der Waals surface area contributed by atoms with Crippen LogP contribution in [0.15, 0.2) is 69.7 Å². The number of carbonyl (C=O) groups is 2. The van der Waals surface area contributed by atoms with Gasteiger partial charge in [0.25, 0.3) is 17.4 Å². The van der Waals surface area contributed by atoms with Crippen molar-refractivity contribution in [1.82, 2.24) is 14.8 Å². The number of pyridine rings is 1. The maximum Gasteiger partial charge on any atom is 0.270 e. The molecule has 7 nitrogen and oxygen atoms in total. The second kappa shape index (κ2) is 8.82. The monoisotopic (exact) mass is 457 g/mol. The fourth-order valence-electron chi connectivity index (χ4n) is 4.98. The normalized spacial score (nSPS) is 19.5. The zero-order valence-corrected chi connectivity index (χ0v) is 19.3. The second-order valence-corrected chi connectivity index (χ2v) is 9.23. The number of rotatable bonds is 4. The van der Waals surface area contributed by atoms with E-state index in [1.807, 2.05) is 36.6 Å². The minimum atomic E-state index is -0.344.